The van der Waals surface area contributed by atoms with Crippen molar-refractivity contribution in [3.8, 4) is 0 Å². The molecule has 0 amide bonds. The van der Waals surface area contributed by atoms with Crippen LogP contribution in [0, 0.1) is 23.2 Å². The van der Waals surface area contributed by atoms with Crippen molar-refractivity contribution in [2.75, 3.05) is 0 Å². The Morgan fingerprint density at radius 3 is 2.68 bits per heavy atom. The van der Waals surface area contributed by atoms with Crippen LogP contribution in [0.1, 0.15) is 104 Å². The van der Waals surface area contributed by atoms with Gasteiger partial charge in [0.1, 0.15) is 5.60 Å². The van der Waals surface area contributed by atoms with Gasteiger partial charge in [0.05, 0.1) is 12.2 Å². The molecule has 1 unspecified atom stereocenters. The van der Waals surface area contributed by atoms with Crippen LogP contribution in [0.25, 0.3) is 0 Å². The Balaban J connectivity index is 1.40. The number of hydrogen-bond donors (Lipinski definition) is 3. The SMILES string of the molecule is C=C1C(=CC=C2CCC[C@@]3(C)C2CC[C@@H]3[C@H](C)CCC[C@]2(O)CCCCC2=O)C[C@@H](O)C[C@@H]1O. The second kappa shape index (κ2) is 10.4. The molecule has 3 N–H and O–H groups in total. The van der Waals surface area contributed by atoms with Gasteiger partial charge in [0.15, 0.2) is 5.78 Å². The maximum atomic E-state index is 12.3. The zero-order valence-corrected chi connectivity index (χ0v) is 21.4. The summed E-state index contributed by atoms with van der Waals surface area (Å²) in [5, 5.41) is 31.1. The molecule has 4 rings (SSSR count). The molecule has 7 atom stereocenters. The van der Waals surface area contributed by atoms with Crippen molar-refractivity contribution in [1.82, 2.24) is 0 Å². The van der Waals surface area contributed by atoms with Gasteiger partial charge in [-0.05, 0) is 105 Å². The second-order valence-electron chi connectivity index (χ2n) is 12.2. The monoisotopic (exact) mass is 470 g/mol. The van der Waals surface area contributed by atoms with Crippen LogP contribution in [-0.4, -0.2) is 38.9 Å². The maximum absolute atomic E-state index is 12.3. The predicted octanol–water partition coefficient (Wildman–Crippen LogP) is 5.81. The number of fused-ring (bicyclic) bond motifs is 1. The Kier molecular flexibility index (Phi) is 7.91. The fraction of sp³-hybridized carbons (Fsp3) is 0.767. The number of rotatable bonds is 6. The minimum Gasteiger partial charge on any atom is -0.393 e. The summed E-state index contributed by atoms with van der Waals surface area (Å²) in [4.78, 5) is 12.3. The predicted molar refractivity (Wildman–Crippen MR) is 136 cm³/mol. The van der Waals surface area contributed by atoms with Crippen molar-refractivity contribution in [2.24, 2.45) is 23.2 Å². The molecule has 0 radical (unpaired) electrons. The average Bonchev–Trinajstić information content (AvgIpc) is 3.15. The molecule has 0 aromatic rings. The molecule has 0 aromatic heterocycles. The third-order valence-corrected chi connectivity index (χ3v) is 10.0. The van der Waals surface area contributed by atoms with Gasteiger partial charge in [0.2, 0.25) is 0 Å². The number of carbonyl (C=O) groups excluding carboxylic acids is 1. The van der Waals surface area contributed by atoms with E-state index in [9.17, 15) is 20.1 Å². The smallest absolute Gasteiger partial charge is 0.164 e. The Labute approximate surface area is 206 Å². The molecule has 0 bridgehead atoms. The Bertz CT molecular complexity index is 841. The van der Waals surface area contributed by atoms with Crippen molar-refractivity contribution < 1.29 is 20.1 Å². The van der Waals surface area contributed by atoms with E-state index in [4.69, 9.17) is 0 Å². The third kappa shape index (κ3) is 5.15. The summed E-state index contributed by atoms with van der Waals surface area (Å²) in [6, 6.07) is 0. The molecule has 0 aromatic carbocycles. The van der Waals surface area contributed by atoms with Gasteiger partial charge in [-0.1, -0.05) is 44.6 Å². The molecule has 0 heterocycles. The van der Waals surface area contributed by atoms with Crippen molar-refractivity contribution in [3.05, 3.63) is 35.5 Å². The zero-order chi connectivity index (χ0) is 24.5. The Morgan fingerprint density at radius 2 is 1.91 bits per heavy atom. The molecule has 4 heteroatoms. The number of allylic oxidation sites excluding steroid dienone is 3. The van der Waals surface area contributed by atoms with Crippen LogP contribution in [-0.2, 0) is 4.79 Å². The molecule has 4 fully saturated rings. The van der Waals surface area contributed by atoms with Crippen molar-refractivity contribution in [2.45, 2.75) is 122 Å². The second-order valence-corrected chi connectivity index (χ2v) is 12.2. The van der Waals surface area contributed by atoms with Crippen LogP contribution in [0.5, 0.6) is 0 Å². The number of aliphatic hydroxyl groups excluding tert-OH is 2. The summed E-state index contributed by atoms with van der Waals surface area (Å²) in [5.41, 5.74) is 2.53. The maximum Gasteiger partial charge on any atom is 0.164 e. The average molecular weight is 471 g/mol. The van der Waals surface area contributed by atoms with E-state index < -0.39 is 17.8 Å². The first-order valence-corrected chi connectivity index (χ1v) is 13.8. The van der Waals surface area contributed by atoms with Gasteiger partial charge >= 0.3 is 0 Å². The number of hydrogen-bond acceptors (Lipinski definition) is 4. The number of carbonyl (C=O) groups is 1. The van der Waals surface area contributed by atoms with E-state index in [-0.39, 0.29) is 5.78 Å². The van der Waals surface area contributed by atoms with Gasteiger partial charge in [0.25, 0.3) is 0 Å². The largest absolute Gasteiger partial charge is 0.393 e. The highest BCUT2D eigenvalue weighted by molar-refractivity contribution is 5.87. The summed E-state index contributed by atoms with van der Waals surface area (Å²) in [5.74, 6) is 1.94. The lowest BCUT2D eigenvalue weighted by molar-refractivity contribution is -0.142. The standard InChI is InChI=1S/C30H46O4/c1-20(8-6-17-30(34)16-5-4-10-28(30)33)25-13-14-26-22(9-7-15-29(25,26)3)11-12-23-18-24(31)19-27(32)21(23)2/h11-12,20,24-27,31-32,34H,2,4-10,13-19H2,1,3H3/t20-,24-,25-,26?,27+,29-,30-/m1/s1. The number of ketones is 1. The van der Waals surface area contributed by atoms with Gasteiger partial charge in [0, 0.05) is 12.8 Å². The van der Waals surface area contributed by atoms with Gasteiger partial charge in [-0.15, -0.1) is 0 Å². The molecular weight excluding hydrogens is 424 g/mol. The van der Waals surface area contributed by atoms with Crippen molar-refractivity contribution >= 4 is 5.78 Å². The minimum absolute atomic E-state index is 0.0659. The van der Waals surface area contributed by atoms with Crippen molar-refractivity contribution in [3.63, 3.8) is 0 Å². The van der Waals surface area contributed by atoms with Crippen LogP contribution in [0.3, 0.4) is 0 Å². The van der Waals surface area contributed by atoms with Gasteiger partial charge < -0.3 is 15.3 Å². The van der Waals surface area contributed by atoms with Crippen LogP contribution < -0.4 is 0 Å². The lowest BCUT2D eigenvalue weighted by atomic mass is 9.60. The molecule has 190 valence electrons. The first-order valence-electron chi connectivity index (χ1n) is 13.8. The van der Waals surface area contributed by atoms with Crippen molar-refractivity contribution in [1.29, 1.82) is 0 Å². The minimum atomic E-state index is -1.06. The van der Waals surface area contributed by atoms with E-state index in [1.54, 1.807) is 0 Å². The zero-order valence-electron chi connectivity index (χ0n) is 21.4. The fourth-order valence-corrected chi connectivity index (χ4v) is 7.94. The summed E-state index contributed by atoms with van der Waals surface area (Å²) < 4.78 is 0. The van der Waals surface area contributed by atoms with E-state index in [2.05, 4.69) is 32.6 Å². The lowest BCUT2D eigenvalue weighted by Gasteiger charge is -2.44. The normalized spacial score (nSPS) is 42.3. The molecule has 0 aliphatic heterocycles. The molecule has 4 nitrogen and oxygen atoms in total. The summed E-state index contributed by atoms with van der Waals surface area (Å²) in [7, 11) is 0. The Morgan fingerprint density at radius 1 is 1.12 bits per heavy atom. The highest BCUT2D eigenvalue weighted by Crippen LogP contribution is 2.60. The molecule has 0 saturated heterocycles. The van der Waals surface area contributed by atoms with Gasteiger partial charge in [-0.2, -0.15) is 0 Å². The van der Waals surface area contributed by atoms with Gasteiger partial charge in [-0.3, -0.25) is 4.79 Å². The van der Waals surface area contributed by atoms with Crippen LogP contribution in [0.15, 0.2) is 35.5 Å². The summed E-state index contributed by atoms with van der Waals surface area (Å²) >= 11 is 0. The molecule has 34 heavy (non-hydrogen) atoms. The van der Waals surface area contributed by atoms with E-state index in [1.165, 1.54) is 31.3 Å². The molecular formula is C30H46O4. The van der Waals surface area contributed by atoms with Crippen LogP contribution in [0.4, 0.5) is 0 Å². The van der Waals surface area contributed by atoms with Gasteiger partial charge in [-0.25, -0.2) is 0 Å². The molecule has 0 spiro atoms. The van der Waals surface area contributed by atoms with E-state index >= 15 is 0 Å². The highest BCUT2D eigenvalue weighted by Gasteiger charge is 2.50. The van der Waals surface area contributed by atoms with Crippen LogP contribution in [0.2, 0.25) is 0 Å². The van der Waals surface area contributed by atoms with E-state index in [0.717, 1.165) is 43.3 Å². The number of aliphatic hydroxyl groups is 3. The molecule has 4 saturated carbocycles. The molecule has 4 aliphatic rings. The lowest BCUT2D eigenvalue weighted by Crippen LogP contribution is -2.41. The van der Waals surface area contributed by atoms with E-state index in [0.29, 0.717) is 55.3 Å². The first-order chi connectivity index (χ1) is 16.1. The summed E-state index contributed by atoms with van der Waals surface area (Å²) in [6.45, 7) is 8.95. The Hall–Kier alpha value is -1.23. The topological polar surface area (TPSA) is 77.8 Å². The highest BCUT2D eigenvalue weighted by atomic mass is 16.3. The van der Waals surface area contributed by atoms with E-state index in [1.807, 2.05) is 0 Å². The molecule has 4 aliphatic carbocycles. The quantitative estimate of drug-likeness (QED) is 0.458. The summed E-state index contributed by atoms with van der Waals surface area (Å²) in [6.07, 6.45) is 16.1. The number of Topliss-reactive ketones (excluding diaryl/α,β-unsaturated/α-hetero) is 1. The van der Waals surface area contributed by atoms with Crippen LogP contribution >= 0.6 is 0 Å². The third-order valence-electron chi connectivity index (χ3n) is 10.0. The first kappa shape index (κ1) is 25.9. The fourth-order valence-electron chi connectivity index (χ4n) is 7.94.